The summed E-state index contributed by atoms with van der Waals surface area (Å²) in [6.07, 6.45) is 2.90. The minimum absolute atomic E-state index is 0.379. The Balaban J connectivity index is 2.11. The van der Waals surface area contributed by atoms with E-state index >= 15 is 0 Å². The Kier molecular flexibility index (Phi) is 5.21. The molecule has 2 N–H and O–H groups in total. The van der Waals surface area contributed by atoms with Gasteiger partial charge in [0.05, 0.1) is 23.7 Å². The summed E-state index contributed by atoms with van der Waals surface area (Å²) in [5.41, 5.74) is 3.69. The number of rotatable bonds is 6. The van der Waals surface area contributed by atoms with Crippen LogP contribution in [0.25, 0.3) is 11.0 Å². The van der Waals surface area contributed by atoms with Crippen LogP contribution in [0.3, 0.4) is 0 Å². The summed E-state index contributed by atoms with van der Waals surface area (Å²) >= 11 is 0. The maximum Gasteiger partial charge on any atom is 0.236 e. The number of ether oxygens (including phenoxy) is 1. The fourth-order valence-electron chi connectivity index (χ4n) is 2.82. The fraction of sp³-hybridized carbons (Fsp3) is 0.333. The lowest BCUT2D eigenvalue weighted by molar-refractivity contribution is -0.0511. The van der Waals surface area contributed by atoms with Gasteiger partial charge in [0.2, 0.25) is 6.41 Å². The van der Waals surface area contributed by atoms with E-state index < -0.39 is 6.41 Å². The molecule has 1 atom stereocenters. The van der Waals surface area contributed by atoms with Crippen molar-refractivity contribution in [3.8, 4) is 6.07 Å². The lowest BCUT2D eigenvalue weighted by Crippen LogP contribution is -2.22. The molecule has 0 radical (unpaired) electrons. The van der Waals surface area contributed by atoms with Crippen LogP contribution in [0.15, 0.2) is 24.7 Å². The predicted octanol–water partition coefficient (Wildman–Crippen LogP) is 1.90. The number of nitrogens with one attached hydrogen (secondary N) is 1. The van der Waals surface area contributed by atoms with E-state index in [-0.39, 0.29) is 0 Å². The Bertz CT molecular complexity index is 1010. The molecule has 3 aromatic heterocycles. The molecule has 0 aliphatic carbocycles. The van der Waals surface area contributed by atoms with E-state index in [1.165, 1.54) is 7.11 Å². The molecule has 3 heterocycles. The lowest BCUT2D eigenvalue weighted by atomic mass is 10.1. The second kappa shape index (κ2) is 7.57. The monoisotopic (exact) mass is 367 g/mol. The van der Waals surface area contributed by atoms with Crippen LogP contribution in [0, 0.1) is 11.3 Å². The van der Waals surface area contributed by atoms with Crippen molar-refractivity contribution >= 4 is 28.4 Å². The average molecular weight is 367 g/mol. The molecule has 0 saturated carbocycles. The van der Waals surface area contributed by atoms with Gasteiger partial charge in [0.25, 0.3) is 0 Å². The van der Waals surface area contributed by atoms with Crippen LogP contribution in [-0.4, -0.2) is 45.2 Å². The maximum absolute atomic E-state index is 9.80. The smallest absolute Gasteiger partial charge is 0.236 e. The van der Waals surface area contributed by atoms with E-state index in [2.05, 4.69) is 26.3 Å². The Morgan fingerprint density at radius 2 is 2.19 bits per heavy atom. The summed E-state index contributed by atoms with van der Waals surface area (Å²) in [7, 11) is 5.15. The molecule has 1 unspecified atom stereocenters. The number of imidazole rings is 1. The van der Waals surface area contributed by atoms with Gasteiger partial charge in [0, 0.05) is 27.3 Å². The van der Waals surface area contributed by atoms with E-state index in [9.17, 15) is 5.11 Å². The zero-order valence-electron chi connectivity index (χ0n) is 15.6. The summed E-state index contributed by atoms with van der Waals surface area (Å²) in [6, 6.07) is 5.75. The van der Waals surface area contributed by atoms with Crippen molar-refractivity contribution in [2.45, 2.75) is 19.8 Å². The van der Waals surface area contributed by atoms with Crippen LogP contribution in [0.5, 0.6) is 0 Å². The minimum atomic E-state index is -1.20. The van der Waals surface area contributed by atoms with Gasteiger partial charge < -0.3 is 24.6 Å². The number of hydrogen-bond acceptors (Lipinski definition) is 8. The van der Waals surface area contributed by atoms with E-state index in [0.717, 1.165) is 23.2 Å². The van der Waals surface area contributed by atoms with Crippen molar-refractivity contribution < 1.29 is 9.84 Å². The molecule has 0 aliphatic heterocycles. The van der Waals surface area contributed by atoms with Crippen molar-refractivity contribution in [2.24, 2.45) is 7.05 Å². The van der Waals surface area contributed by atoms with Gasteiger partial charge in [-0.1, -0.05) is 6.92 Å². The molecular weight excluding hydrogens is 346 g/mol. The van der Waals surface area contributed by atoms with Crippen LogP contribution < -0.4 is 10.2 Å². The third-order valence-electron chi connectivity index (χ3n) is 4.35. The number of aromatic nitrogens is 4. The third-order valence-corrected chi connectivity index (χ3v) is 4.35. The first-order chi connectivity index (χ1) is 13.0. The number of methoxy groups -OCH3 is 1. The van der Waals surface area contributed by atoms with Crippen LogP contribution in [0.2, 0.25) is 0 Å². The third kappa shape index (κ3) is 3.53. The van der Waals surface area contributed by atoms with Gasteiger partial charge >= 0.3 is 0 Å². The number of nitriles is 1. The van der Waals surface area contributed by atoms with Gasteiger partial charge in [-0.15, -0.1) is 0 Å². The standard InChI is InChI=1S/C18H21N7O2/c1-5-11-6-12(8-19)20-9-14(11)25(3)15-7-13-16(21-10-24(13)2)17(22-15)23-18(26)27-4/h6-7,9-10,18,26H,5H2,1-4H3,(H,22,23). The number of nitrogens with zero attached hydrogens (tertiary/aromatic N) is 6. The molecule has 27 heavy (non-hydrogen) atoms. The van der Waals surface area contributed by atoms with Crippen molar-refractivity contribution in [1.82, 2.24) is 19.5 Å². The Hall–Kier alpha value is -3.22. The van der Waals surface area contributed by atoms with Crippen molar-refractivity contribution in [3.63, 3.8) is 0 Å². The van der Waals surface area contributed by atoms with Crippen LogP contribution in [0.1, 0.15) is 18.2 Å². The van der Waals surface area contributed by atoms with Gasteiger partial charge in [-0.25, -0.2) is 15.0 Å². The molecule has 0 fully saturated rings. The zero-order chi connectivity index (χ0) is 19.6. The molecule has 140 valence electrons. The number of anilines is 3. The number of fused-ring (bicyclic) bond motifs is 1. The molecule has 0 saturated heterocycles. The maximum atomic E-state index is 9.80. The number of aryl methyl sites for hydroxylation is 2. The summed E-state index contributed by atoms with van der Waals surface area (Å²) < 4.78 is 6.74. The first-order valence-corrected chi connectivity index (χ1v) is 8.40. The highest BCUT2D eigenvalue weighted by Gasteiger charge is 2.17. The quantitative estimate of drug-likeness (QED) is 0.635. The normalized spacial score (nSPS) is 12.0. The van der Waals surface area contributed by atoms with Crippen LogP contribution in [0.4, 0.5) is 17.3 Å². The summed E-state index contributed by atoms with van der Waals surface area (Å²) in [6.45, 7) is 2.02. The van der Waals surface area contributed by atoms with E-state index in [0.29, 0.717) is 22.8 Å². The average Bonchev–Trinajstić information content (AvgIpc) is 3.07. The molecule has 0 aromatic carbocycles. The topological polar surface area (TPSA) is 112 Å². The van der Waals surface area contributed by atoms with Crippen LogP contribution >= 0.6 is 0 Å². The second-order valence-electron chi connectivity index (χ2n) is 6.01. The Morgan fingerprint density at radius 1 is 1.41 bits per heavy atom. The van der Waals surface area contributed by atoms with Gasteiger partial charge in [0.15, 0.2) is 5.82 Å². The molecule has 0 spiro atoms. The second-order valence-corrected chi connectivity index (χ2v) is 6.01. The number of hydrogen-bond donors (Lipinski definition) is 2. The number of pyridine rings is 2. The highest BCUT2D eigenvalue weighted by molar-refractivity contribution is 5.89. The molecule has 0 amide bonds. The summed E-state index contributed by atoms with van der Waals surface area (Å²) in [4.78, 5) is 15.0. The molecule has 0 aliphatic rings. The van der Waals surface area contributed by atoms with Crippen LogP contribution in [-0.2, 0) is 18.2 Å². The lowest BCUT2D eigenvalue weighted by Gasteiger charge is -2.22. The molecule has 3 aromatic rings. The van der Waals surface area contributed by atoms with E-state index in [1.54, 1.807) is 18.6 Å². The highest BCUT2D eigenvalue weighted by Crippen LogP contribution is 2.31. The summed E-state index contributed by atoms with van der Waals surface area (Å²) in [5.74, 6) is 1.04. The summed E-state index contributed by atoms with van der Waals surface area (Å²) in [5, 5.41) is 21.7. The van der Waals surface area contributed by atoms with E-state index in [1.807, 2.05) is 36.6 Å². The van der Waals surface area contributed by atoms with E-state index in [4.69, 9.17) is 10.00 Å². The largest absolute Gasteiger partial charge is 0.351 e. The molecular formula is C18H21N7O2. The molecule has 3 rings (SSSR count). The fourth-order valence-corrected chi connectivity index (χ4v) is 2.82. The molecule has 9 nitrogen and oxygen atoms in total. The number of aliphatic hydroxyl groups excluding tert-OH is 1. The van der Waals surface area contributed by atoms with Gasteiger partial charge in [-0.3, -0.25) is 0 Å². The van der Waals surface area contributed by atoms with Crippen molar-refractivity contribution in [2.75, 3.05) is 24.4 Å². The Labute approximate surface area is 156 Å². The van der Waals surface area contributed by atoms with Crippen molar-refractivity contribution in [3.05, 3.63) is 35.9 Å². The van der Waals surface area contributed by atoms with Gasteiger partial charge in [0.1, 0.15) is 23.1 Å². The van der Waals surface area contributed by atoms with Crippen molar-refractivity contribution in [1.29, 1.82) is 5.26 Å². The zero-order valence-corrected chi connectivity index (χ0v) is 15.6. The first-order valence-electron chi connectivity index (χ1n) is 8.40. The first kappa shape index (κ1) is 18.6. The molecule has 0 bridgehead atoms. The van der Waals surface area contributed by atoms with Gasteiger partial charge in [-0.05, 0) is 18.1 Å². The Morgan fingerprint density at radius 3 is 2.85 bits per heavy atom. The molecule has 9 heteroatoms. The SMILES string of the molecule is CCc1cc(C#N)ncc1N(C)c1cc2c(ncn2C)c(NC(O)OC)n1. The highest BCUT2D eigenvalue weighted by atomic mass is 16.6. The minimum Gasteiger partial charge on any atom is -0.351 e. The number of aliphatic hydroxyl groups is 1. The van der Waals surface area contributed by atoms with Gasteiger partial charge in [-0.2, -0.15) is 5.26 Å². The predicted molar refractivity (Wildman–Crippen MR) is 102 cm³/mol.